The van der Waals surface area contributed by atoms with Gasteiger partial charge in [-0.15, -0.1) is 0 Å². The number of nitrogens with zero attached hydrogens (tertiary/aromatic N) is 1. The van der Waals surface area contributed by atoms with Crippen molar-refractivity contribution < 1.29 is 4.79 Å². The van der Waals surface area contributed by atoms with Crippen LogP contribution in [-0.4, -0.2) is 22.1 Å². The molecule has 11 heavy (non-hydrogen) atoms. The van der Waals surface area contributed by atoms with Crippen molar-refractivity contribution in [2.24, 2.45) is 5.73 Å². The van der Waals surface area contributed by atoms with Crippen molar-refractivity contribution in [1.82, 2.24) is 9.97 Å². The van der Waals surface area contributed by atoms with Gasteiger partial charge < -0.3 is 21.9 Å². The number of primary amides is 1. The number of anilines is 1. The largest absolute Gasteiger partial charge is 0.382 e. The second kappa shape index (κ2) is 2.41. The van der Waals surface area contributed by atoms with Crippen LogP contribution in [-0.2, 0) is 0 Å². The molecule has 58 valence electrons. The molecule has 1 aromatic heterocycles. The average molecular weight is 153 g/mol. The highest BCUT2D eigenvalue weighted by Crippen LogP contribution is 2.03. The van der Waals surface area contributed by atoms with E-state index in [1.807, 2.05) is 0 Å². The Kier molecular flexibility index (Phi) is 1.59. The number of rotatable bonds is 2. The topological polar surface area (TPSA) is 122 Å². The zero-order chi connectivity index (χ0) is 8.43. The third-order valence-corrected chi connectivity index (χ3v) is 1.14. The lowest BCUT2D eigenvalue weighted by Crippen LogP contribution is -2.12. The van der Waals surface area contributed by atoms with Crippen LogP contribution in [0.3, 0.4) is 0 Å². The van der Waals surface area contributed by atoms with Crippen LogP contribution in [0.2, 0.25) is 0 Å². The van der Waals surface area contributed by atoms with Crippen molar-refractivity contribution in [3.05, 3.63) is 11.5 Å². The maximum Gasteiger partial charge on any atom is 0.284 e. The number of aromatic nitrogens is 2. The predicted molar refractivity (Wildman–Crippen MR) is 39.4 cm³/mol. The van der Waals surface area contributed by atoms with Crippen LogP contribution in [0.15, 0.2) is 0 Å². The monoisotopic (exact) mass is 153 g/mol. The van der Waals surface area contributed by atoms with Gasteiger partial charge in [-0.05, 0) is 0 Å². The molecule has 0 saturated heterocycles. The highest BCUT2D eigenvalue weighted by Gasteiger charge is 2.08. The number of nitrogens with two attached hydrogens (primary N) is 2. The molecular formula is C5H7N5O. The molecule has 0 unspecified atom stereocenters. The Balaban J connectivity index is 3.14. The molecule has 1 amide bonds. The van der Waals surface area contributed by atoms with Crippen LogP contribution in [0.5, 0.6) is 0 Å². The summed E-state index contributed by atoms with van der Waals surface area (Å²) in [5, 5.41) is 6.81. The SMILES string of the molecule is N=Cc1[nH]c(C(N)=O)nc1N. The van der Waals surface area contributed by atoms with Gasteiger partial charge in [0.2, 0.25) is 0 Å². The summed E-state index contributed by atoms with van der Waals surface area (Å²) in [6.07, 6.45) is 0.967. The molecular weight excluding hydrogens is 146 g/mol. The number of amides is 1. The Morgan fingerprint density at radius 2 is 2.36 bits per heavy atom. The normalized spacial score (nSPS) is 9.45. The minimum absolute atomic E-state index is 0.0269. The van der Waals surface area contributed by atoms with Crippen molar-refractivity contribution >= 4 is 17.9 Å². The van der Waals surface area contributed by atoms with Gasteiger partial charge in [-0.3, -0.25) is 4.79 Å². The fourth-order valence-electron chi connectivity index (χ4n) is 0.627. The first kappa shape index (κ1) is 7.26. The van der Waals surface area contributed by atoms with Gasteiger partial charge in [0.15, 0.2) is 11.6 Å². The number of carbonyl (C=O) groups excluding carboxylic acids is 1. The van der Waals surface area contributed by atoms with Crippen molar-refractivity contribution in [2.75, 3.05) is 5.73 Å². The molecule has 6 nitrogen and oxygen atoms in total. The van der Waals surface area contributed by atoms with Gasteiger partial charge in [0, 0.05) is 6.21 Å². The number of hydrogen-bond acceptors (Lipinski definition) is 4. The molecule has 0 aromatic carbocycles. The quantitative estimate of drug-likeness (QED) is 0.411. The first-order valence-corrected chi connectivity index (χ1v) is 2.81. The molecule has 1 rings (SSSR count). The molecule has 0 bridgehead atoms. The molecule has 0 aliphatic carbocycles. The van der Waals surface area contributed by atoms with E-state index in [0.29, 0.717) is 5.69 Å². The summed E-state index contributed by atoms with van der Waals surface area (Å²) in [4.78, 5) is 16.5. The first-order chi connectivity index (χ1) is 5.15. The first-order valence-electron chi connectivity index (χ1n) is 2.81. The Morgan fingerprint density at radius 3 is 2.64 bits per heavy atom. The van der Waals surface area contributed by atoms with Crippen molar-refractivity contribution in [3.8, 4) is 0 Å². The summed E-state index contributed by atoms with van der Waals surface area (Å²) in [6, 6.07) is 0. The fraction of sp³-hybridized carbons (Fsp3) is 0. The van der Waals surface area contributed by atoms with E-state index >= 15 is 0 Å². The van der Waals surface area contributed by atoms with E-state index in [1.165, 1.54) is 0 Å². The number of carbonyl (C=O) groups is 1. The highest BCUT2D eigenvalue weighted by molar-refractivity contribution is 5.92. The van der Waals surface area contributed by atoms with Crippen LogP contribution in [0.1, 0.15) is 16.3 Å². The maximum absolute atomic E-state index is 10.5. The lowest BCUT2D eigenvalue weighted by Gasteiger charge is -1.82. The molecule has 0 atom stereocenters. The van der Waals surface area contributed by atoms with E-state index in [4.69, 9.17) is 16.9 Å². The zero-order valence-corrected chi connectivity index (χ0v) is 5.59. The molecule has 0 fully saturated rings. The number of aromatic amines is 1. The molecule has 0 saturated carbocycles. The van der Waals surface area contributed by atoms with Crippen molar-refractivity contribution in [1.29, 1.82) is 5.41 Å². The minimum atomic E-state index is -0.690. The number of H-pyrrole nitrogens is 1. The summed E-state index contributed by atoms with van der Waals surface area (Å²) in [6.45, 7) is 0. The van der Waals surface area contributed by atoms with Gasteiger partial charge in [0.25, 0.3) is 5.91 Å². The van der Waals surface area contributed by atoms with Crippen LogP contribution in [0.25, 0.3) is 0 Å². The van der Waals surface area contributed by atoms with Gasteiger partial charge in [-0.25, -0.2) is 4.98 Å². The molecule has 0 radical (unpaired) electrons. The Morgan fingerprint density at radius 1 is 1.73 bits per heavy atom. The van der Waals surface area contributed by atoms with E-state index in [-0.39, 0.29) is 11.6 Å². The molecule has 1 heterocycles. The Labute approximate surface area is 62.1 Å². The summed E-state index contributed by atoms with van der Waals surface area (Å²) in [5.41, 5.74) is 10.5. The molecule has 0 aliphatic heterocycles. The molecule has 0 spiro atoms. The maximum atomic E-state index is 10.5. The predicted octanol–water partition coefficient (Wildman–Crippen LogP) is -0.912. The number of imidazole rings is 1. The summed E-state index contributed by atoms with van der Waals surface area (Å²) < 4.78 is 0. The Hall–Kier alpha value is -1.85. The van der Waals surface area contributed by atoms with E-state index in [2.05, 4.69) is 9.97 Å². The molecule has 1 aromatic rings. The summed E-state index contributed by atoms with van der Waals surface area (Å²) in [5.74, 6) is -0.611. The van der Waals surface area contributed by atoms with Gasteiger partial charge >= 0.3 is 0 Å². The fourth-order valence-corrected chi connectivity index (χ4v) is 0.627. The van der Waals surface area contributed by atoms with Crippen LogP contribution in [0.4, 0.5) is 5.82 Å². The van der Waals surface area contributed by atoms with E-state index in [1.54, 1.807) is 0 Å². The average Bonchev–Trinajstić information content (AvgIpc) is 2.31. The second-order valence-corrected chi connectivity index (χ2v) is 1.89. The summed E-state index contributed by atoms with van der Waals surface area (Å²) >= 11 is 0. The van der Waals surface area contributed by atoms with Crippen LogP contribution in [0, 0.1) is 5.41 Å². The number of hydrogen-bond donors (Lipinski definition) is 4. The van der Waals surface area contributed by atoms with Crippen molar-refractivity contribution in [3.63, 3.8) is 0 Å². The van der Waals surface area contributed by atoms with Crippen LogP contribution >= 0.6 is 0 Å². The second-order valence-electron chi connectivity index (χ2n) is 1.89. The van der Waals surface area contributed by atoms with E-state index in [9.17, 15) is 4.79 Å². The Bertz CT molecular complexity index is 302. The van der Waals surface area contributed by atoms with Gasteiger partial charge in [-0.2, -0.15) is 0 Å². The lowest BCUT2D eigenvalue weighted by molar-refractivity contribution is 0.0991. The van der Waals surface area contributed by atoms with Crippen molar-refractivity contribution in [2.45, 2.75) is 0 Å². The van der Waals surface area contributed by atoms with E-state index < -0.39 is 5.91 Å². The summed E-state index contributed by atoms with van der Waals surface area (Å²) in [7, 11) is 0. The highest BCUT2D eigenvalue weighted by atomic mass is 16.1. The zero-order valence-electron chi connectivity index (χ0n) is 5.59. The van der Waals surface area contributed by atoms with Crippen LogP contribution < -0.4 is 11.5 Å². The van der Waals surface area contributed by atoms with Gasteiger partial charge in [0.1, 0.15) is 5.69 Å². The standard InChI is InChI=1S/C5H7N5O/c6-1-2-3(7)10-5(9-2)4(8)11/h1,6H,7H2,(H2,8,11)(H,9,10). The molecule has 6 heteroatoms. The number of nitrogens with one attached hydrogen (secondary N) is 2. The lowest BCUT2D eigenvalue weighted by atomic mass is 10.5. The minimum Gasteiger partial charge on any atom is -0.382 e. The smallest absolute Gasteiger partial charge is 0.284 e. The third-order valence-electron chi connectivity index (χ3n) is 1.14. The van der Waals surface area contributed by atoms with Gasteiger partial charge in [0.05, 0.1) is 0 Å². The van der Waals surface area contributed by atoms with E-state index in [0.717, 1.165) is 6.21 Å². The van der Waals surface area contributed by atoms with Gasteiger partial charge in [-0.1, -0.05) is 0 Å². The third kappa shape index (κ3) is 1.18. The number of nitrogen functional groups attached to an aromatic ring is 1. The molecule has 6 N–H and O–H groups in total. The molecule has 0 aliphatic rings.